The van der Waals surface area contributed by atoms with E-state index in [9.17, 15) is 44.7 Å². The number of anilines is 1. The molecule has 0 bridgehead atoms. The van der Waals surface area contributed by atoms with Crippen molar-refractivity contribution in [1.82, 2.24) is 0 Å². The number of carbonyl (C=O) groups excluding carboxylic acids is 3. The van der Waals surface area contributed by atoms with E-state index in [1.807, 2.05) is 0 Å². The summed E-state index contributed by atoms with van der Waals surface area (Å²) < 4.78 is 80.6. The molecule has 4 aromatic rings. The molecular weight excluding hydrogens is 826 g/mol. The van der Waals surface area contributed by atoms with Crippen LogP contribution < -0.4 is 16.0 Å². The van der Waals surface area contributed by atoms with E-state index < -0.39 is 46.6 Å². The molecule has 0 aliphatic rings. The fourth-order valence-electron chi connectivity index (χ4n) is 5.03. The summed E-state index contributed by atoms with van der Waals surface area (Å²) in [5, 5.41) is 19.9. The number of carbonyl (C=O) groups is 3. The maximum atomic E-state index is 11.3. The number of rotatable bonds is 7. The first-order valence-electron chi connectivity index (χ1n) is 16.2. The van der Waals surface area contributed by atoms with Gasteiger partial charge in [-0.25, -0.2) is 49.9 Å². The Balaban J connectivity index is 0.000000381. The van der Waals surface area contributed by atoms with Gasteiger partial charge in [0.1, 0.15) is 0 Å². The molecule has 4 rings (SSSR count). The summed E-state index contributed by atoms with van der Waals surface area (Å²) in [6.07, 6.45) is 0. The number of hydrogen-bond donors (Lipinski definition) is 4. The van der Waals surface area contributed by atoms with Crippen LogP contribution in [0, 0.1) is 27.7 Å². The molecule has 7 N–H and O–H groups in total. The molecule has 0 radical (unpaired) electrons. The maximum Gasteiger partial charge on any atom is 0.338 e. The van der Waals surface area contributed by atoms with Crippen LogP contribution in [-0.4, -0.2) is 69.6 Å². The van der Waals surface area contributed by atoms with Crippen molar-refractivity contribution in [1.29, 1.82) is 0 Å². The van der Waals surface area contributed by atoms with Gasteiger partial charge in [-0.2, -0.15) is 0 Å². The summed E-state index contributed by atoms with van der Waals surface area (Å²) in [5.74, 6) is -1.52. The summed E-state index contributed by atoms with van der Waals surface area (Å²) in [6.45, 7) is 9.63. The summed E-state index contributed by atoms with van der Waals surface area (Å²) in [5.41, 5.74) is 8.47. The van der Waals surface area contributed by atoms with Crippen molar-refractivity contribution in [3.05, 3.63) is 117 Å². The van der Waals surface area contributed by atoms with Gasteiger partial charge in [0.25, 0.3) is 9.05 Å². The van der Waals surface area contributed by atoms with E-state index in [2.05, 4.69) is 14.2 Å². The second kappa shape index (κ2) is 20.5. The van der Waals surface area contributed by atoms with E-state index in [-0.39, 0.29) is 31.8 Å². The van der Waals surface area contributed by atoms with Crippen molar-refractivity contribution >= 4 is 63.4 Å². The average molecular weight is 872 g/mol. The molecule has 312 valence electrons. The fraction of sp³-hybridized carbons (Fsp3) is 0.270. The second-order valence-electron chi connectivity index (χ2n) is 12.4. The number of nitrogen functional groups attached to an aromatic ring is 1. The quantitative estimate of drug-likeness (QED) is 0.0869. The summed E-state index contributed by atoms with van der Waals surface area (Å²) >= 11 is 0. The molecule has 0 atom stereocenters. The predicted octanol–water partition coefficient (Wildman–Crippen LogP) is 4.37. The van der Waals surface area contributed by atoms with Crippen molar-refractivity contribution in [2.24, 2.45) is 10.3 Å². The number of hydrogen-bond acceptors (Lipinski definition) is 14. The lowest BCUT2D eigenvalue weighted by atomic mass is 9.94. The lowest BCUT2D eigenvalue weighted by Crippen LogP contribution is -2.20. The van der Waals surface area contributed by atoms with Crippen LogP contribution in [0.5, 0.6) is 0 Å². The molecule has 4 aromatic carbocycles. The van der Waals surface area contributed by atoms with Crippen molar-refractivity contribution in [2.75, 3.05) is 27.1 Å². The molecule has 0 heterocycles. The number of esters is 3. The molecule has 0 saturated heterocycles. The van der Waals surface area contributed by atoms with Crippen LogP contribution in [0.2, 0.25) is 0 Å². The van der Waals surface area contributed by atoms with Gasteiger partial charge in [0.05, 0.1) is 58.3 Å². The SMILES string of the molecule is COC(=O)c1cccc(N)c1C.COC(=O)c1cccc(S(=O)(=O)Cl)c1C.COC(=O)c1cccc(S(N)(=O)=O)c1C.Cc1c(C(C)(C)O)cccc1S(N)(=O)=O. The van der Waals surface area contributed by atoms with Gasteiger partial charge in [-0.3, -0.25) is 0 Å². The Morgan fingerprint density at radius 3 is 1.23 bits per heavy atom. The zero-order valence-corrected chi connectivity index (χ0v) is 35.8. The Labute approximate surface area is 337 Å². The van der Waals surface area contributed by atoms with Gasteiger partial charge < -0.3 is 25.1 Å². The Kier molecular flexibility index (Phi) is 18.0. The van der Waals surface area contributed by atoms with E-state index >= 15 is 0 Å². The van der Waals surface area contributed by atoms with E-state index in [1.54, 1.807) is 58.0 Å². The molecule has 0 saturated carbocycles. The number of benzene rings is 4. The molecule has 0 aliphatic carbocycles. The average Bonchev–Trinajstić information content (AvgIpc) is 3.11. The molecule has 16 nitrogen and oxygen atoms in total. The van der Waals surface area contributed by atoms with Gasteiger partial charge in [0.2, 0.25) is 20.0 Å². The predicted molar refractivity (Wildman–Crippen MR) is 214 cm³/mol. The molecule has 0 unspecified atom stereocenters. The number of primary sulfonamides is 2. The van der Waals surface area contributed by atoms with Crippen LogP contribution in [0.15, 0.2) is 87.5 Å². The van der Waals surface area contributed by atoms with Crippen LogP contribution in [0.3, 0.4) is 0 Å². The third-order valence-electron chi connectivity index (χ3n) is 7.98. The highest BCUT2D eigenvalue weighted by Gasteiger charge is 2.23. The maximum absolute atomic E-state index is 11.3. The molecule has 0 spiro atoms. The van der Waals surface area contributed by atoms with E-state index in [0.29, 0.717) is 33.5 Å². The minimum absolute atomic E-state index is 0.0575. The molecule has 0 aliphatic heterocycles. The summed E-state index contributed by atoms with van der Waals surface area (Å²) in [7, 11) is -2.36. The number of aliphatic hydroxyl groups is 1. The number of nitrogens with two attached hydrogens (primary N) is 3. The molecule has 20 heteroatoms. The highest BCUT2D eigenvalue weighted by molar-refractivity contribution is 8.13. The van der Waals surface area contributed by atoms with Gasteiger partial charge in [-0.15, -0.1) is 0 Å². The molecule has 57 heavy (non-hydrogen) atoms. The minimum atomic E-state index is -3.83. The van der Waals surface area contributed by atoms with E-state index in [1.165, 1.54) is 77.6 Å². The summed E-state index contributed by atoms with van der Waals surface area (Å²) in [4.78, 5) is 33.5. The summed E-state index contributed by atoms with van der Waals surface area (Å²) in [6, 6.07) is 18.4. The van der Waals surface area contributed by atoms with Crippen molar-refractivity contribution in [2.45, 2.75) is 61.8 Å². The Morgan fingerprint density at radius 1 is 0.561 bits per heavy atom. The third-order valence-corrected chi connectivity index (χ3v) is 11.6. The number of sulfonamides is 2. The zero-order valence-electron chi connectivity index (χ0n) is 32.6. The van der Waals surface area contributed by atoms with Gasteiger partial charge in [0, 0.05) is 16.4 Å². The minimum Gasteiger partial charge on any atom is -0.465 e. The smallest absolute Gasteiger partial charge is 0.338 e. The first-order chi connectivity index (χ1) is 26.1. The first kappa shape index (κ1) is 50.1. The van der Waals surface area contributed by atoms with Crippen LogP contribution >= 0.6 is 10.7 Å². The number of halogens is 1. The molecule has 0 fully saturated rings. The molecule has 0 aromatic heterocycles. The second-order valence-corrected chi connectivity index (χ2v) is 18.0. The van der Waals surface area contributed by atoms with Crippen molar-refractivity contribution < 1.29 is 59.0 Å². The zero-order chi connectivity index (χ0) is 44.3. The third kappa shape index (κ3) is 14.2. The first-order valence-corrected chi connectivity index (χ1v) is 21.6. The van der Waals surface area contributed by atoms with E-state index in [0.717, 1.165) is 5.56 Å². The Bertz CT molecular complexity index is 2350. The van der Waals surface area contributed by atoms with Crippen molar-refractivity contribution in [3.63, 3.8) is 0 Å². The van der Waals surface area contributed by atoms with Crippen LogP contribution in [0.1, 0.15) is 72.7 Å². The van der Waals surface area contributed by atoms with Crippen LogP contribution in [-0.2, 0) is 48.9 Å². The normalized spacial score (nSPS) is 11.2. The van der Waals surface area contributed by atoms with Gasteiger partial charge in [0.15, 0.2) is 0 Å². The highest BCUT2D eigenvalue weighted by atomic mass is 35.7. The molecule has 0 amide bonds. The van der Waals surface area contributed by atoms with Crippen LogP contribution in [0.4, 0.5) is 5.69 Å². The van der Waals surface area contributed by atoms with Gasteiger partial charge >= 0.3 is 17.9 Å². The topological polar surface area (TPSA) is 280 Å². The Hall–Kier alpha value is -4.89. The number of methoxy groups -OCH3 is 3. The largest absolute Gasteiger partial charge is 0.465 e. The number of ether oxygens (including phenoxy) is 3. The highest BCUT2D eigenvalue weighted by Crippen LogP contribution is 2.27. The monoisotopic (exact) mass is 871 g/mol. The fourth-order valence-corrected chi connectivity index (χ4v) is 7.86. The van der Waals surface area contributed by atoms with E-state index in [4.69, 9.17) is 26.7 Å². The lowest BCUT2D eigenvalue weighted by molar-refractivity contribution is 0.0590. The van der Waals surface area contributed by atoms with Gasteiger partial charge in [-0.05, 0) is 112 Å². The van der Waals surface area contributed by atoms with Crippen LogP contribution in [0.25, 0.3) is 0 Å². The van der Waals surface area contributed by atoms with Gasteiger partial charge in [-0.1, -0.05) is 30.3 Å². The Morgan fingerprint density at radius 2 is 0.877 bits per heavy atom. The lowest BCUT2D eigenvalue weighted by Gasteiger charge is -2.21. The van der Waals surface area contributed by atoms with Crippen molar-refractivity contribution in [3.8, 4) is 0 Å². The standard InChI is InChI=1S/C10H15NO3S.C9H9ClO4S.C9H11NO4S.C9H11NO2/c1-7-8(10(2,3)12)5-4-6-9(7)15(11,13)14;2*1-6-7(9(11)14-2)4-3-5-8(6)15(10,12)13;1-6-7(9(11)12-2)4-3-5-8(6)10/h4-6,12H,1-3H3,(H2,11,13,14);3-5H,1-2H3;3-5H,1-2H3,(H2,10,12,13);3-5H,10H2,1-2H3. The molecular formula is C37H46ClN3O13S3.